The number of carboxylic acids is 2. The maximum absolute atomic E-state index is 9.72. The van der Waals surface area contributed by atoms with Crippen LogP contribution in [-0.4, -0.2) is 49.6 Å². The smallest absolute Gasteiger partial charge is 0.387 e. The topological polar surface area (TPSA) is 217 Å². The van der Waals surface area contributed by atoms with Gasteiger partial charge in [-0.05, 0) is 22.7 Å². The van der Waals surface area contributed by atoms with Gasteiger partial charge in [0.05, 0.1) is 25.7 Å². The van der Waals surface area contributed by atoms with E-state index in [4.69, 9.17) is 42.7 Å². The monoisotopic (exact) mass is 1100 g/mol. The van der Waals surface area contributed by atoms with Crippen LogP contribution in [0.25, 0.3) is 11.5 Å². The summed E-state index contributed by atoms with van der Waals surface area (Å²) in [6, 6.07) is 7.39. The first kappa shape index (κ1) is 68.2. The molecule has 2 amide bonds. The molecule has 2 atom stereocenters. The van der Waals surface area contributed by atoms with Crippen LogP contribution in [0, 0.1) is 42.4 Å². The minimum Gasteiger partial charge on any atom is -0.756 e. The van der Waals surface area contributed by atoms with Crippen LogP contribution in [0.5, 0.6) is 0 Å². The van der Waals surface area contributed by atoms with Gasteiger partial charge in [0, 0.05) is 42.1 Å². The zero-order chi connectivity index (χ0) is 41.3. The van der Waals surface area contributed by atoms with E-state index in [-0.39, 0.29) is 85.7 Å². The Labute approximate surface area is 348 Å². The Morgan fingerprint density at radius 2 is 1.02 bits per heavy atom. The Hall–Kier alpha value is -1.89. The van der Waals surface area contributed by atoms with Crippen LogP contribution in [0.2, 0.25) is 0 Å². The summed E-state index contributed by atoms with van der Waals surface area (Å²) in [4.78, 5) is 35.9. The van der Waals surface area contributed by atoms with Crippen molar-refractivity contribution in [1.29, 1.82) is 0 Å². The Bertz CT molecular complexity index is 857. The molecule has 1 saturated carbocycles. The second-order valence-corrected chi connectivity index (χ2v) is 16.5. The van der Waals surface area contributed by atoms with Crippen LogP contribution < -0.4 is 11.5 Å². The van der Waals surface area contributed by atoms with Crippen molar-refractivity contribution in [2.24, 2.45) is 40.1 Å². The second kappa shape index (κ2) is 41.9. The number of nitrogens with one attached hydrogen (secondary N) is 2. The average molecular weight is 1100 g/mol. The molecule has 0 spiro atoms. The van der Waals surface area contributed by atoms with Crippen molar-refractivity contribution in [3.63, 3.8) is 0 Å². The van der Waals surface area contributed by atoms with Crippen molar-refractivity contribution in [3.8, 4) is 0 Å². The molecule has 2 unspecified atom stereocenters. The maximum Gasteiger partial charge on any atom is 0.387 e. The van der Waals surface area contributed by atoms with E-state index >= 15 is 0 Å². The van der Waals surface area contributed by atoms with Crippen LogP contribution in [-0.2, 0) is 51.7 Å². The summed E-state index contributed by atoms with van der Waals surface area (Å²) in [6.45, 7) is 38.0. The van der Waals surface area contributed by atoms with Crippen LogP contribution in [0.3, 0.4) is 0 Å². The number of aliphatic carboxylic acids is 2. The number of benzene rings is 1. The van der Waals surface area contributed by atoms with Crippen molar-refractivity contribution in [3.05, 3.63) is 55.1 Å². The molecule has 1 aromatic rings. The standard InChI is InChI=1S/C7H13N.C7H7N.2C5H12.2C4H7NO3.2C4H10.2Pt/c2*1-6-4-2-3-5-7(6)8;2*1-5(2,3)4;2*5-3(6)1-2-4(7)8;2*1-4(2)3;;/h6-8H,1-5H2;2-5,8H,1H2;2*1-4H3;2*1-2H2,(H2,5,6)(H,7,8);2*4H,1-3H3;;/q2*-2;;;;;;;;/p+2. The normalized spacial score (nSPS) is 13.8. The third kappa shape index (κ3) is 118. The largest absolute Gasteiger partial charge is 0.756 e. The van der Waals surface area contributed by atoms with Crippen molar-refractivity contribution < 1.29 is 71.5 Å². The second-order valence-electron chi connectivity index (χ2n) is 16.5. The summed E-state index contributed by atoms with van der Waals surface area (Å²) >= 11 is 0. The molecule has 0 radical (unpaired) electrons. The molecule has 0 bridgehead atoms. The van der Waals surface area contributed by atoms with Crippen LogP contribution >= 0.6 is 0 Å². The van der Waals surface area contributed by atoms with Crippen molar-refractivity contribution in [2.45, 2.75) is 154 Å². The summed E-state index contributed by atoms with van der Waals surface area (Å²) in [6.07, 6.45) is 4.65. The average Bonchev–Trinajstić information content (AvgIpc) is 2.88. The van der Waals surface area contributed by atoms with E-state index in [0.29, 0.717) is 22.4 Å². The minimum atomic E-state index is -0.956. The minimum absolute atomic E-state index is 0. The van der Waals surface area contributed by atoms with E-state index in [1.807, 2.05) is 18.2 Å². The Kier molecular flexibility index (Phi) is 54.9. The summed E-state index contributed by atoms with van der Waals surface area (Å²) in [5, 5.41) is 16.0. The van der Waals surface area contributed by atoms with Gasteiger partial charge >= 0.3 is 23.8 Å². The Morgan fingerprint density at radius 1 is 0.750 bits per heavy atom. The molecule has 318 valence electrons. The van der Waals surface area contributed by atoms with Gasteiger partial charge in [-0.2, -0.15) is 18.0 Å². The van der Waals surface area contributed by atoms with Gasteiger partial charge < -0.3 is 40.1 Å². The van der Waals surface area contributed by atoms with Gasteiger partial charge in [-0.1, -0.05) is 129 Å². The SMILES string of the molecule is CC(C)(C)C.CC(C)(C)C.CC(C)C.CC(C)C.NC(=[OH+])CCC(=O)O.NC(=[OH+])CCC(=O)O.[CH2-]C1CCCCC1[NH-].[CH2-]c1ccccc1[NH-].[Pt].[Pt]. The molecule has 2 rings (SSSR count). The van der Waals surface area contributed by atoms with Gasteiger partial charge in [0.25, 0.3) is 0 Å². The Morgan fingerprint density at radius 3 is 1.15 bits per heavy atom. The van der Waals surface area contributed by atoms with Crippen LogP contribution in [0.1, 0.15) is 154 Å². The molecule has 52 heavy (non-hydrogen) atoms. The van der Waals surface area contributed by atoms with Crippen LogP contribution in [0.4, 0.5) is 5.69 Å². The molecule has 1 aliphatic rings. The summed E-state index contributed by atoms with van der Waals surface area (Å²) in [5.41, 5.74) is 26.4. The quantitative estimate of drug-likeness (QED) is 0.161. The van der Waals surface area contributed by atoms with Gasteiger partial charge in [-0.25, -0.2) is 12.5 Å². The number of primary amides is 2. The number of hydrogen-bond donors (Lipinski definition) is 4. The first-order chi connectivity index (χ1) is 22.3. The number of carbonyl (C=O) groups excluding carboxylic acids is 2. The number of hydrogen-bond acceptors (Lipinski definition) is 2. The fourth-order valence-corrected chi connectivity index (χ4v) is 2.20. The van der Waals surface area contributed by atoms with Gasteiger partial charge in [0.2, 0.25) is 0 Å². The maximum atomic E-state index is 9.72. The summed E-state index contributed by atoms with van der Waals surface area (Å²) < 4.78 is 0. The molecule has 12 heteroatoms. The molecular weight excluding hydrogens is 1020 g/mol. The van der Waals surface area contributed by atoms with Gasteiger partial charge in [-0.3, -0.25) is 24.9 Å². The number of amides is 2. The predicted octanol–water partition coefficient (Wildman–Crippen LogP) is 11.0. The van der Waals surface area contributed by atoms with E-state index < -0.39 is 11.9 Å². The number of carboxylic acid groups (broad SMARTS) is 2. The first-order valence-corrected chi connectivity index (χ1v) is 17.5. The predicted molar refractivity (Wildman–Crippen MR) is 218 cm³/mol. The molecule has 1 fully saturated rings. The number of nitrogens with two attached hydrogens (primary N) is 2. The third-order valence-electron chi connectivity index (χ3n) is 4.12. The van der Waals surface area contributed by atoms with E-state index in [1.165, 1.54) is 19.3 Å². The molecular formula is C40H80N4O6Pt2-2. The van der Waals surface area contributed by atoms with Gasteiger partial charge in [0.15, 0.2) is 0 Å². The van der Waals surface area contributed by atoms with Crippen molar-refractivity contribution in [2.75, 3.05) is 0 Å². The van der Waals surface area contributed by atoms with Crippen molar-refractivity contribution >= 4 is 29.4 Å². The number of rotatable bonds is 6. The molecule has 0 aromatic heterocycles. The molecule has 0 aliphatic heterocycles. The zero-order valence-corrected chi connectivity index (χ0v) is 39.6. The zero-order valence-electron chi connectivity index (χ0n) is 35.1. The molecule has 1 aliphatic carbocycles. The van der Waals surface area contributed by atoms with E-state index in [1.54, 1.807) is 6.07 Å². The Balaban J connectivity index is -0.0000000716. The summed E-state index contributed by atoms with van der Waals surface area (Å²) in [5.74, 6) is -0.479. The molecule has 0 heterocycles. The summed E-state index contributed by atoms with van der Waals surface area (Å²) in [7, 11) is 0. The fraction of sp³-hybridized carbons (Fsp3) is 0.700. The molecule has 10 nitrogen and oxygen atoms in total. The van der Waals surface area contributed by atoms with Crippen molar-refractivity contribution in [1.82, 2.24) is 0 Å². The molecule has 1 aromatic carbocycles. The molecule has 0 saturated heterocycles. The van der Waals surface area contributed by atoms with Crippen LogP contribution in [0.15, 0.2) is 24.3 Å². The third-order valence-corrected chi connectivity index (χ3v) is 4.12. The first-order valence-electron chi connectivity index (χ1n) is 17.5. The van der Waals surface area contributed by atoms with E-state index in [2.05, 4.69) is 111 Å². The van der Waals surface area contributed by atoms with Gasteiger partial charge in [0.1, 0.15) is 0 Å². The fourth-order valence-electron chi connectivity index (χ4n) is 2.20. The number of carbonyl (C=O) groups is 2. The van der Waals surface area contributed by atoms with Gasteiger partial charge in [-0.15, -0.1) is 12.1 Å². The van der Waals surface area contributed by atoms with E-state index in [0.717, 1.165) is 23.8 Å². The molecule has 10 N–H and O–H groups in total. The van der Waals surface area contributed by atoms with E-state index in [9.17, 15) is 9.59 Å².